The lowest BCUT2D eigenvalue weighted by Gasteiger charge is -2.41. The number of nitrogens with one attached hydrogen (secondary N) is 2. The predicted molar refractivity (Wildman–Crippen MR) is 72.7 cm³/mol. The fourth-order valence-electron chi connectivity index (χ4n) is 2.92. The number of amides is 2. The van der Waals surface area contributed by atoms with Gasteiger partial charge in [0, 0.05) is 52.7 Å². The van der Waals surface area contributed by atoms with Crippen molar-refractivity contribution in [1.29, 1.82) is 0 Å². The lowest BCUT2D eigenvalue weighted by molar-refractivity contribution is -0.137. The van der Waals surface area contributed by atoms with Gasteiger partial charge in [0.1, 0.15) is 6.04 Å². The first-order chi connectivity index (χ1) is 9.09. The van der Waals surface area contributed by atoms with Crippen molar-refractivity contribution in [1.82, 2.24) is 20.4 Å². The maximum absolute atomic E-state index is 12.3. The molecule has 108 valence electrons. The Kier molecular flexibility index (Phi) is 4.76. The Labute approximate surface area is 114 Å². The molecule has 0 spiro atoms. The van der Waals surface area contributed by atoms with Crippen LogP contribution in [0.5, 0.6) is 0 Å². The summed E-state index contributed by atoms with van der Waals surface area (Å²) in [5.74, 6) is 0.230. The average Bonchev–Trinajstić information content (AvgIpc) is 2.62. The van der Waals surface area contributed by atoms with Crippen molar-refractivity contribution in [2.24, 2.45) is 0 Å². The molecule has 0 saturated carbocycles. The number of likely N-dealkylation sites (N-methyl/N-ethyl adjacent to an activating group) is 1. The summed E-state index contributed by atoms with van der Waals surface area (Å²) in [4.78, 5) is 27.8. The van der Waals surface area contributed by atoms with Crippen molar-refractivity contribution in [2.75, 3.05) is 40.3 Å². The van der Waals surface area contributed by atoms with Crippen molar-refractivity contribution in [3.05, 3.63) is 0 Å². The fraction of sp³-hybridized carbons (Fsp3) is 0.846. The number of carbonyl (C=O) groups excluding carboxylic acids is 2. The third-order valence-corrected chi connectivity index (χ3v) is 3.94. The van der Waals surface area contributed by atoms with E-state index in [-0.39, 0.29) is 23.9 Å². The standard InChI is InChI=1S/C13H24N4O2/c1-16(2)13(19)11-9-14-6-7-17(11)10-4-3-5-15-12(18)8-10/h10-11,14H,3-9H2,1-2H3,(H,15,18). The van der Waals surface area contributed by atoms with E-state index in [1.54, 1.807) is 19.0 Å². The summed E-state index contributed by atoms with van der Waals surface area (Å²) in [6.45, 7) is 3.15. The van der Waals surface area contributed by atoms with Gasteiger partial charge in [0.25, 0.3) is 0 Å². The molecule has 2 heterocycles. The molecular weight excluding hydrogens is 244 g/mol. The van der Waals surface area contributed by atoms with Gasteiger partial charge in [-0.1, -0.05) is 0 Å². The molecule has 0 aromatic heterocycles. The molecule has 2 atom stereocenters. The minimum absolute atomic E-state index is 0.108. The second kappa shape index (κ2) is 6.34. The van der Waals surface area contributed by atoms with Gasteiger partial charge in [0.2, 0.25) is 11.8 Å². The SMILES string of the molecule is CN(C)C(=O)C1CNCCN1C1CCCNC(=O)C1. The van der Waals surface area contributed by atoms with E-state index in [0.717, 1.165) is 32.5 Å². The van der Waals surface area contributed by atoms with Gasteiger partial charge in [0.05, 0.1) is 0 Å². The predicted octanol–water partition coefficient (Wildman–Crippen LogP) is -0.983. The minimum atomic E-state index is -0.139. The summed E-state index contributed by atoms with van der Waals surface area (Å²) < 4.78 is 0. The first-order valence-corrected chi connectivity index (χ1v) is 7.04. The highest BCUT2D eigenvalue weighted by molar-refractivity contribution is 5.82. The second-order valence-electron chi connectivity index (χ2n) is 5.54. The molecule has 2 rings (SSSR count). The maximum Gasteiger partial charge on any atom is 0.240 e. The molecule has 0 aromatic rings. The van der Waals surface area contributed by atoms with Crippen LogP contribution in [0.4, 0.5) is 0 Å². The smallest absolute Gasteiger partial charge is 0.240 e. The summed E-state index contributed by atoms with van der Waals surface area (Å²) in [7, 11) is 3.57. The van der Waals surface area contributed by atoms with Crippen molar-refractivity contribution < 1.29 is 9.59 Å². The number of piperazine rings is 1. The van der Waals surface area contributed by atoms with Crippen LogP contribution in [-0.2, 0) is 9.59 Å². The van der Waals surface area contributed by atoms with Gasteiger partial charge in [-0.25, -0.2) is 0 Å². The van der Waals surface area contributed by atoms with E-state index in [2.05, 4.69) is 15.5 Å². The van der Waals surface area contributed by atoms with Crippen LogP contribution in [0, 0.1) is 0 Å². The van der Waals surface area contributed by atoms with Gasteiger partial charge in [-0.2, -0.15) is 0 Å². The Morgan fingerprint density at radius 3 is 2.89 bits per heavy atom. The average molecular weight is 268 g/mol. The van der Waals surface area contributed by atoms with Crippen molar-refractivity contribution in [2.45, 2.75) is 31.3 Å². The zero-order valence-corrected chi connectivity index (χ0v) is 11.8. The quantitative estimate of drug-likeness (QED) is 0.675. The molecule has 0 radical (unpaired) electrons. The van der Waals surface area contributed by atoms with Crippen LogP contribution in [0.15, 0.2) is 0 Å². The molecule has 2 aliphatic rings. The topological polar surface area (TPSA) is 64.7 Å². The lowest BCUT2D eigenvalue weighted by atomic mass is 10.0. The molecule has 0 bridgehead atoms. The van der Waals surface area contributed by atoms with Crippen molar-refractivity contribution in [3.8, 4) is 0 Å². The molecule has 0 aliphatic carbocycles. The highest BCUT2D eigenvalue weighted by Crippen LogP contribution is 2.19. The van der Waals surface area contributed by atoms with Crippen molar-refractivity contribution >= 4 is 11.8 Å². The zero-order chi connectivity index (χ0) is 13.8. The monoisotopic (exact) mass is 268 g/mol. The van der Waals surface area contributed by atoms with Crippen LogP contribution in [0.2, 0.25) is 0 Å². The van der Waals surface area contributed by atoms with Gasteiger partial charge in [0.15, 0.2) is 0 Å². The Balaban J connectivity index is 2.09. The van der Waals surface area contributed by atoms with E-state index in [4.69, 9.17) is 0 Å². The third-order valence-electron chi connectivity index (χ3n) is 3.94. The Bertz CT molecular complexity index is 346. The molecule has 2 fully saturated rings. The van der Waals surface area contributed by atoms with Crippen LogP contribution in [0.25, 0.3) is 0 Å². The van der Waals surface area contributed by atoms with Crippen molar-refractivity contribution in [3.63, 3.8) is 0 Å². The van der Waals surface area contributed by atoms with E-state index in [1.165, 1.54) is 0 Å². The molecule has 6 heteroatoms. The van der Waals surface area contributed by atoms with Crippen LogP contribution in [0.1, 0.15) is 19.3 Å². The molecule has 2 N–H and O–H groups in total. The summed E-state index contributed by atoms with van der Waals surface area (Å²) in [5, 5.41) is 6.18. The zero-order valence-electron chi connectivity index (χ0n) is 11.8. The number of rotatable bonds is 2. The van der Waals surface area contributed by atoms with Gasteiger partial charge >= 0.3 is 0 Å². The molecular formula is C13H24N4O2. The Morgan fingerprint density at radius 1 is 1.37 bits per heavy atom. The summed E-state index contributed by atoms with van der Waals surface area (Å²) in [6, 6.07) is 0.0538. The van der Waals surface area contributed by atoms with E-state index in [1.807, 2.05) is 0 Å². The summed E-state index contributed by atoms with van der Waals surface area (Å²) >= 11 is 0. The van der Waals surface area contributed by atoms with Crippen LogP contribution >= 0.6 is 0 Å². The van der Waals surface area contributed by atoms with Gasteiger partial charge < -0.3 is 15.5 Å². The van der Waals surface area contributed by atoms with E-state index in [0.29, 0.717) is 13.0 Å². The molecule has 6 nitrogen and oxygen atoms in total. The highest BCUT2D eigenvalue weighted by Gasteiger charge is 2.35. The van der Waals surface area contributed by atoms with Crippen LogP contribution in [-0.4, -0.2) is 74.0 Å². The normalized spacial score (nSPS) is 29.5. The summed E-state index contributed by atoms with van der Waals surface area (Å²) in [6.07, 6.45) is 2.48. The number of carbonyl (C=O) groups is 2. The molecule has 2 saturated heterocycles. The van der Waals surface area contributed by atoms with Gasteiger partial charge in [-0.3, -0.25) is 14.5 Å². The van der Waals surface area contributed by atoms with E-state index >= 15 is 0 Å². The molecule has 2 unspecified atom stereocenters. The first-order valence-electron chi connectivity index (χ1n) is 7.04. The minimum Gasteiger partial charge on any atom is -0.356 e. The highest BCUT2D eigenvalue weighted by atomic mass is 16.2. The molecule has 0 aromatic carbocycles. The first kappa shape index (κ1) is 14.3. The van der Waals surface area contributed by atoms with Gasteiger partial charge in [-0.15, -0.1) is 0 Å². The largest absolute Gasteiger partial charge is 0.356 e. The Morgan fingerprint density at radius 2 is 2.16 bits per heavy atom. The number of nitrogens with zero attached hydrogens (tertiary/aromatic N) is 2. The third kappa shape index (κ3) is 3.45. The van der Waals surface area contributed by atoms with Crippen LogP contribution in [0.3, 0.4) is 0 Å². The molecule has 19 heavy (non-hydrogen) atoms. The fourth-order valence-corrected chi connectivity index (χ4v) is 2.92. The van der Waals surface area contributed by atoms with E-state index in [9.17, 15) is 9.59 Å². The van der Waals surface area contributed by atoms with Gasteiger partial charge in [-0.05, 0) is 12.8 Å². The number of hydrogen-bond acceptors (Lipinski definition) is 4. The summed E-state index contributed by atoms with van der Waals surface area (Å²) in [5.41, 5.74) is 0. The lowest BCUT2D eigenvalue weighted by Crippen LogP contribution is -2.60. The van der Waals surface area contributed by atoms with Crippen LogP contribution < -0.4 is 10.6 Å². The number of hydrogen-bond donors (Lipinski definition) is 2. The molecule has 2 aliphatic heterocycles. The second-order valence-corrected chi connectivity index (χ2v) is 5.54. The molecule has 2 amide bonds. The Hall–Kier alpha value is -1.14. The van der Waals surface area contributed by atoms with E-state index < -0.39 is 0 Å². The maximum atomic E-state index is 12.3.